The summed E-state index contributed by atoms with van der Waals surface area (Å²) in [7, 11) is 0. The van der Waals surface area contributed by atoms with Crippen LogP contribution in [0.1, 0.15) is 36.6 Å². The minimum Gasteiger partial charge on any atom is -0.349 e. The summed E-state index contributed by atoms with van der Waals surface area (Å²) in [4.78, 5) is 12.0. The van der Waals surface area contributed by atoms with E-state index in [9.17, 15) is 4.79 Å². The lowest BCUT2D eigenvalue weighted by Crippen LogP contribution is -2.28. The van der Waals surface area contributed by atoms with Gasteiger partial charge in [-0.15, -0.1) is 0 Å². The van der Waals surface area contributed by atoms with Gasteiger partial charge in [0.1, 0.15) is 0 Å². The van der Waals surface area contributed by atoms with E-state index in [1.165, 1.54) is 5.56 Å². The van der Waals surface area contributed by atoms with Crippen LogP contribution in [0.5, 0.6) is 0 Å². The highest BCUT2D eigenvalue weighted by atomic mass is 16.1. The SMILES string of the molecule is CCc1ccc(C(C)NC(=O)Cc2ccccc2)cc1. The fraction of sp³-hybridized carbons (Fsp3) is 0.278. The molecule has 1 unspecified atom stereocenters. The Hall–Kier alpha value is -2.09. The highest BCUT2D eigenvalue weighted by Gasteiger charge is 2.09. The van der Waals surface area contributed by atoms with Gasteiger partial charge in [0, 0.05) is 0 Å². The zero-order valence-corrected chi connectivity index (χ0v) is 12.1. The predicted octanol–water partition coefficient (Wildman–Crippen LogP) is 3.67. The van der Waals surface area contributed by atoms with Crippen molar-refractivity contribution in [3.05, 3.63) is 71.3 Å². The summed E-state index contributed by atoms with van der Waals surface area (Å²) >= 11 is 0. The average molecular weight is 267 g/mol. The lowest BCUT2D eigenvalue weighted by molar-refractivity contribution is -0.121. The molecule has 0 aliphatic carbocycles. The second-order valence-corrected chi connectivity index (χ2v) is 5.05. The van der Waals surface area contributed by atoms with Gasteiger partial charge in [-0.25, -0.2) is 0 Å². The summed E-state index contributed by atoms with van der Waals surface area (Å²) in [6, 6.07) is 18.3. The predicted molar refractivity (Wildman–Crippen MR) is 82.5 cm³/mol. The first-order chi connectivity index (χ1) is 9.69. The average Bonchev–Trinajstić information content (AvgIpc) is 2.48. The molecular weight excluding hydrogens is 246 g/mol. The van der Waals surface area contributed by atoms with Gasteiger partial charge in [-0.05, 0) is 30.0 Å². The minimum atomic E-state index is 0.0390. The molecule has 0 aromatic heterocycles. The van der Waals surface area contributed by atoms with E-state index in [0.717, 1.165) is 17.5 Å². The first kappa shape index (κ1) is 14.3. The van der Waals surface area contributed by atoms with Gasteiger partial charge in [0.25, 0.3) is 0 Å². The summed E-state index contributed by atoms with van der Waals surface area (Å²) in [5.41, 5.74) is 3.50. The fourth-order valence-corrected chi connectivity index (χ4v) is 2.20. The van der Waals surface area contributed by atoms with Crippen LogP contribution in [0.2, 0.25) is 0 Å². The first-order valence-electron chi connectivity index (χ1n) is 7.11. The Kier molecular flexibility index (Phi) is 4.94. The van der Waals surface area contributed by atoms with E-state index in [1.54, 1.807) is 0 Å². The first-order valence-corrected chi connectivity index (χ1v) is 7.11. The van der Waals surface area contributed by atoms with E-state index in [2.05, 4.69) is 36.5 Å². The van der Waals surface area contributed by atoms with Crippen LogP contribution in [0, 0.1) is 0 Å². The smallest absolute Gasteiger partial charge is 0.224 e. The van der Waals surface area contributed by atoms with Gasteiger partial charge in [0.15, 0.2) is 0 Å². The van der Waals surface area contributed by atoms with E-state index < -0.39 is 0 Å². The molecule has 2 nitrogen and oxygen atoms in total. The molecule has 1 N–H and O–H groups in total. The zero-order valence-electron chi connectivity index (χ0n) is 12.1. The maximum absolute atomic E-state index is 12.0. The van der Waals surface area contributed by atoms with Gasteiger partial charge in [-0.2, -0.15) is 0 Å². The fourth-order valence-electron chi connectivity index (χ4n) is 2.20. The van der Waals surface area contributed by atoms with Crippen LogP contribution in [0.25, 0.3) is 0 Å². The van der Waals surface area contributed by atoms with Gasteiger partial charge in [-0.3, -0.25) is 4.79 Å². The van der Waals surface area contributed by atoms with E-state index >= 15 is 0 Å². The lowest BCUT2D eigenvalue weighted by Gasteiger charge is -2.15. The molecule has 0 spiro atoms. The molecule has 0 saturated carbocycles. The van der Waals surface area contributed by atoms with Crippen molar-refractivity contribution >= 4 is 5.91 Å². The van der Waals surface area contributed by atoms with Crippen molar-refractivity contribution in [2.75, 3.05) is 0 Å². The lowest BCUT2D eigenvalue weighted by atomic mass is 10.0. The molecule has 0 fully saturated rings. The van der Waals surface area contributed by atoms with Crippen LogP contribution < -0.4 is 5.32 Å². The highest BCUT2D eigenvalue weighted by Crippen LogP contribution is 2.14. The van der Waals surface area contributed by atoms with Gasteiger partial charge >= 0.3 is 0 Å². The maximum atomic E-state index is 12.0. The molecule has 104 valence electrons. The Morgan fingerprint density at radius 1 is 1.00 bits per heavy atom. The van der Waals surface area contributed by atoms with Crippen molar-refractivity contribution in [2.24, 2.45) is 0 Å². The molecule has 0 bridgehead atoms. The molecule has 20 heavy (non-hydrogen) atoms. The maximum Gasteiger partial charge on any atom is 0.224 e. The zero-order chi connectivity index (χ0) is 14.4. The Bertz CT molecular complexity index is 545. The largest absolute Gasteiger partial charge is 0.349 e. The number of amides is 1. The van der Waals surface area contributed by atoms with Crippen molar-refractivity contribution in [1.29, 1.82) is 0 Å². The molecule has 0 saturated heterocycles. The van der Waals surface area contributed by atoms with Crippen molar-refractivity contribution in [2.45, 2.75) is 32.7 Å². The van der Waals surface area contributed by atoms with Crippen LogP contribution in [0.15, 0.2) is 54.6 Å². The molecule has 1 atom stereocenters. The number of hydrogen-bond donors (Lipinski definition) is 1. The molecular formula is C18H21NO. The standard InChI is InChI=1S/C18H21NO/c1-3-15-9-11-17(12-10-15)14(2)19-18(20)13-16-7-5-4-6-8-16/h4-12,14H,3,13H2,1-2H3,(H,19,20). The second kappa shape index (κ2) is 6.90. The number of nitrogens with one attached hydrogen (secondary N) is 1. The molecule has 2 heteroatoms. The van der Waals surface area contributed by atoms with E-state index in [1.807, 2.05) is 37.3 Å². The number of carbonyl (C=O) groups excluding carboxylic acids is 1. The number of benzene rings is 2. The van der Waals surface area contributed by atoms with E-state index in [4.69, 9.17) is 0 Å². The molecule has 0 radical (unpaired) electrons. The van der Waals surface area contributed by atoms with Crippen molar-refractivity contribution < 1.29 is 4.79 Å². The molecule has 2 rings (SSSR count). The summed E-state index contributed by atoms with van der Waals surface area (Å²) in [5.74, 6) is 0.0586. The van der Waals surface area contributed by atoms with Crippen molar-refractivity contribution in [1.82, 2.24) is 5.32 Å². The minimum absolute atomic E-state index is 0.0390. The summed E-state index contributed by atoms with van der Waals surface area (Å²) in [6.07, 6.45) is 1.47. The third-order valence-corrected chi connectivity index (χ3v) is 3.47. The Morgan fingerprint density at radius 2 is 1.65 bits per heavy atom. The summed E-state index contributed by atoms with van der Waals surface area (Å²) < 4.78 is 0. The topological polar surface area (TPSA) is 29.1 Å². The van der Waals surface area contributed by atoms with Gasteiger partial charge in [0.2, 0.25) is 5.91 Å². The van der Waals surface area contributed by atoms with Gasteiger partial charge in [-0.1, -0.05) is 61.5 Å². The molecule has 0 aliphatic rings. The van der Waals surface area contributed by atoms with Crippen LogP contribution in [0.4, 0.5) is 0 Å². The van der Waals surface area contributed by atoms with Crippen LogP contribution in [-0.4, -0.2) is 5.91 Å². The Labute approximate surface area is 120 Å². The molecule has 2 aromatic carbocycles. The van der Waals surface area contributed by atoms with Crippen LogP contribution in [-0.2, 0) is 17.6 Å². The van der Waals surface area contributed by atoms with Crippen LogP contribution in [0.3, 0.4) is 0 Å². The summed E-state index contributed by atoms with van der Waals surface area (Å²) in [6.45, 7) is 4.16. The number of hydrogen-bond acceptors (Lipinski definition) is 1. The third kappa shape index (κ3) is 3.95. The van der Waals surface area contributed by atoms with E-state index in [0.29, 0.717) is 6.42 Å². The molecule has 0 aliphatic heterocycles. The second-order valence-electron chi connectivity index (χ2n) is 5.05. The molecule has 1 amide bonds. The van der Waals surface area contributed by atoms with Crippen molar-refractivity contribution in [3.63, 3.8) is 0 Å². The summed E-state index contributed by atoms with van der Waals surface area (Å²) in [5, 5.41) is 3.04. The number of carbonyl (C=O) groups is 1. The van der Waals surface area contributed by atoms with Gasteiger partial charge in [0.05, 0.1) is 12.5 Å². The molecule has 2 aromatic rings. The van der Waals surface area contributed by atoms with E-state index in [-0.39, 0.29) is 11.9 Å². The third-order valence-electron chi connectivity index (χ3n) is 3.47. The molecule has 0 heterocycles. The van der Waals surface area contributed by atoms with Crippen molar-refractivity contribution in [3.8, 4) is 0 Å². The Balaban J connectivity index is 1.93. The number of aryl methyl sites for hydroxylation is 1. The Morgan fingerprint density at radius 3 is 2.25 bits per heavy atom. The monoisotopic (exact) mass is 267 g/mol. The van der Waals surface area contributed by atoms with Crippen LogP contribution >= 0.6 is 0 Å². The quantitative estimate of drug-likeness (QED) is 0.880. The van der Waals surface area contributed by atoms with Gasteiger partial charge < -0.3 is 5.32 Å². The number of rotatable bonds is 5. The normalized spacial score (nSPS) is 11.9. The highest BCUT2D eigenvalue weighted by molar-refractivity contribution is 5.78.